The fourth-order valence-corrected chi connectivity index (χ4v) is 3.57. The van der Waals surface area contributed by atoms with Crippen LogP contribution >= 0.6 is 0 Å². The van der Waals surface area contributed by atoms with E-state index in [9.17, 15) is 19.1 Å². The number of pyridine rings is 1. The summed E-state index contributed by atoms with van der Waals surface area (Å²) < 4.78 is 16.0. The zero-order valence-electron chi connectivity index (χ0n) is 16.0. The van der Waals surface area contributed by atoms with Crippen LogP contribution < -0.4 is 5.56 Å². The number of carboxylic acids is 1. The highest BCUT2D eigenvalue weighted by molar-refractivity contribution is 5.84. The number of hydrogen-bond donors (Lipinski definition) is 1. The van der Waals surface area contributed by atoms with Gasteiger partial charge in [-0.2, -0.15) is 5.10 Å². The second kappa shape index (κ2) is 6.77. The van der Waals surface area contributed by atoms with Crippen LogP contribution in [0.1, 0.15) is 25.6 Å². The van der Waals surface area contributed by atoms with Crippen molar-refractivity contribution in [2.75, 3.05) is 0 Å². The van der Waals surface area contributed by atoms with E-state index in [1.54, 1.807) is 39.0 Å². The molecule has 0 fully saturated rings. The third kappa shape index (κ3) is 2.95. The molecule has 0 bridgehead atoms. The van der Waals surface area contributed by atoms with Crippen molar-refractivity contribution in [2.24, 2.45) is 5.92 Å². The number of aryl methyl sites for hydroxylation is 1. The lowest BCUT2D eigenvalue weighted by Gasteiger charge is -2.19. The van der Waals surface area contributed by atoms with Gasteiger partial charge in [-0.15, -0.1) is 10.2 Å². The van der Waals surface area contributed by atoms with Crippen molar-refractivity contribution >= 4 is 22.6 Å². The van der Waals surface area contributed by atoms with Crippen LogP contribution in [0.4, 0.5) is 4.39 Å². The van der Waals surface area contributed by atoms with Gasteiger partial charge in [0, 0.05) is 6.20 Å². The summed E-state index contributed by atoms with van der Waals surface area (Å²) in [6, 6.07) is 6.55. The van der Waals surface area contributed by atoms with Crippen molar-refractivity contribution in [1.82, 2.24) is 24.4 Å². The van der Waals surface area contributed by atoms with Crippen LogP contribution in [0.25, 0.3) is 27.8 Å². The van der Waals surface area contributed by atoms with Gasteiger partial charge in [0.25, 0.3) is 5.56 Å². The van der Waals surface area contributed by atoms with E-state index in [-0.39, 0.29) is 17.3 Å². The minimum Gasteiger partial charge on any atom is -0.480 e. The largest absolute Gasteiger partial charge is 0.480 e. The molecule has 4 rings (SSSR count). The topological polar surface area (TPSA) is 102 Å². The number of aromatic nitrogens is 5. The normalized spacial score (nSPS) is 12.7. The molecule has 9 heteroatoms. The Morgan fingerprint density at radius 1 is 1.14 bits per heavy atom. The number of carboxylic acid groups (broad SMARTS) is 1. The number of nitrogens with zero attached hydrogens (tertiary/aromatic N) is 5. The summed E-state index contributed by atoms with van der Waals surface area (Å²) in [6.07, 6.45) is 1.44. The van der Waals surface area contributed by atoms with E-state index >= 15 is 0 Å². The van der Waals surface area contributed by atoms with Crippen molar-refractivity contribution in [1.29, 1.82) is 0 Å². The number of aliphatic carboxylic acids is 1. The fraction of sp³-hybridized carbons (Fsp3) is 0.250. The third-order valence-corrected chi connectivity index (χ3v) is 4.90. The maximum Gasteiger partial charge on any atom is 0.327 e. The number of carbonyl (C=O) groups is 1. The molecule has 3 aromatic heterocycles. The molecule has 0 radical (unpaired) electrons. The van der Waals surface area contributed by atoms with Crippen LogP contribution in [0.15, 0.2) is 41.3 Å². The Labute approximate surface area is 164 Å². The molecule has 1 N–H and O–H groups in total. The second-order valence-electron chi connectivity index (χ2n) is 7.19. The van der Waals surface area contributed by atoms with Gasteiger partial charge < -0.3 is 5.11 Å². The molecule has 0 unspecified atom stereocenters. The standard InChI is InChI=1S/C20H18FN5O3/c1-10(2)17(20(28)29)25-9-8-14-16(19(25)27)22-23-18-15(11(3)24-26(14)18)12-4-6-13(21)7-5-12/h4-10,17H,1-3H3,(H,28,29)/t17-/m0/s1. The van der Waals surface area contributed by atoms with Crippen molar-refractivity contribution in [3.63, 3.8) is 0 Å². The highest BCUT2D eigenvalue weighted by Crippen LogP contribution is 2.28. The molecular weight excluding hydrogens is 377 g/mol. The number of rotatable bonds is 4. The quantitative estimate of drug-likeness (QED) is 0.570. The van der Waals surface area contributed by atoms with E-state index in [4.69, 9.17) is 0 Å². The number of benzene rings is 1. The molecule has 0 aliphatic carbocycles. The van der Waals surface area contributed by atoms with Crippen LogP contribution in [0, 0.1) is 18.7 Å². The van der Waals surface area contributed by atoms with Crippen molar-refractivity contribution < 1.29 is 14.3 Å². The summed E-state index contributed by atoms with van der Waals surface area (Å²) >= 11 is 0. The Balaban J connectivity index is 1.97. The van der Waals surface area contributed by atoms with Gasteiger partial charge in [0.1, 0.15) is 17.4 Å². The molecule has 0 spiro atoms. The first-order valence-electron chi connectivity index (χ1n) is 9.05. The van der Waals surface area contributed by atoms with E-state index in [1.165, 1.54) is 22.8 Å². The molecule has 0 saturated heterocycles. The number of halogens is 1. The summed E-state index contributed by atoms with van der Waals surface area (Å²) in [4.78, 5) is 24.6. The van der Waals surface area contributed by atoms with Gasteiger partial charge in [-0.25, -0.2) is 13.7 Å². The molecule has 0 aliphatic heterocycles. The zero-order chi connectivity index (χ0) is 20.9. The highest BCUT2D eigenvalue weighted by Gasteiger charge is 2.26. The van der Waals surface area contributed by atoms with Crippen molar-refractivity contribution in [2.45, 2.75) is 26.8 Å². The summed E-state index contributed by atoms with van der Waals surface area (Å²) in [5.74, 6) is -1.74. The van der Waals surface area contributed by atoms with Crippen molar-refractivity contribution in [3.8, 4) is 11.1 Å². The SMILES string of the molecule is Cc1nn2c(nnc3c(=O)n([C@H](C(=O)O)C(C)C)ccc32)c1-c1ccc(F)cc1. The second-order valence-corrected chi connectivity index (χ2v) is 7.19. The van der Waals surface area contributed by atoms with Gasteiger partial charge in [0.15, 0.2) is 11.2 Å². The Hall–Kier alpha value is -3.62. The highest BCUT2D eigenvalue weighted by atomic mass is 19.1. The predicted molar refractivity (Wildman–Crippen MR) is 104 cm³/mol. The minimum absolute atomic E-state index is 0.0278. The first kappa shape index (κ1) is 18.7. The Morgan fingerprint density at radius 3 is 2.45 bits per heavy atom. The summed E-state index contributed by atoms with van der Waals surface area (Å²) in [6.45, 7) is 5.26. The average Bonchev–Trinajstić information content (AvgIpc) is 3.00. The lowest BCUT2D eigenvalue weighted by atomic mass is 10.0. The van der Waals surface area contributed by atoms with Crippen LogP contribution in [-0.4, -0.2) is 35.5 Å². The monoisotopic (exact) mass is 395 g/mol. The zero-order valence-corrected chi connectivity index (χ0v) is 16.0. The summed E-state index contributed by atoms with van der Waals surface area (Å²) in [7, 11) is 0. The van der Waals surface area contributed by atoms with E-state index in [2.05, 4.69) is 15.3 Å². The molecule has 1 aromatic carbocycles. The molecule has 4 aromatic rings. The third-order valence-electron chi connectivity index (χ3n) is 4.90. The molecule has 148 valence electrons. The Bertz CT molecular complexity index is 1310. The molecule has 29 heavy (non-hydrogen) atoms. The summed E-state index contributed by atoms with van der Waals surface area (Å²) in [5, 5.41) is 22.2. The lowest BCUT2D eigenvalue weighted by Crippen LogP contribution is -2.33. The molecule has 3 heterocycles. The van der Waals surface area contributed by atoms with Crippen LogP contribution in [0.2, 0.25) is 0 Å². The maximum absolute atomic E-state index is 13.3. The van der Waals surface area contributed by atoms with Crippen LogP contribution in [0.5, 0.6) is 0 Å². The number of fused-ring (bicyclic) bond motifs is 3. The predicted octanol–water partition coefficient (Wildman–Crippen LogP) is 2.84. The van der Waals surface area contributed by atoms with E-state index in [1.807, 2.05) is 0 Å². The Kier molecular flexibility index (Phi) is 4.37. The molecule has 0 amide bonds. The average molecular weight is 395 g/mol. The molecule has 8 nitrogen and oxygen atoms in total. The first-order chi connectivity index (χ1) is 13.8. The van der Waals surface area contributed by atoms with Gasteiger partial charge in [0.2, 0.25) is 0 Å². The first-order valence-corrected chi connectivity index (χ1v) is 9.05. The van der Waals surface area contributed by atoms with E-state index in [0.29, 0.717) is 22.4 Å². The smallest absolute Gasteiger partial charge is 0.327 e. The molecular formula is C20H18FN5O3. The lowest BCUT2D eigenvalue weighted by molar-refractivity contribution is -0.142. The van der Waals surface area contributed by atoms with Crippen LogP contribution in [0.3, 0.4) is 0 Å². The number of hydrogen-bond acceptors (Lipinski definition) is 5. The van der Waals surface area contributed by atoms with Crippen molar-refractivity contribution in [3.05, 3.63) is 58.4 Å². The maximum atomic E-state index is 13.3. The molecule has 0 aliphatic rings. The molecule has 0 saturated carbocycles. The van der Waals surface area contributed by atoms with E-state index in [0.717, 1.165) is 10.1 Å². The fourth-order valence-electron chi connectivity index (χ4n) is 3.57. The van der Waals surface area contributed by atoms with Gasteiger partial charge in [0.05, 0.1) is 11.3 Å². The van der Waals surface area contributed by atoms with Crippen LogP contribution in [-0.2, 0) is 4.79 Å². The summed E-state index contributed by atoms with van der Waals surface area (Å²) in [5.41, 5.74) is 2.39. The van der Waals surface area contributed by atoms with Gasteiger partial charge in [-0.1, -0.05) is 26.0 Å². The van der Waals surface area contributed by atoms with E-state index < -0.39 is 17.6 Å². The Morgan fingerprint density at radius 2 is 1.83 bits per heavy atom. The van der Waals surface area contributed by atoms with Gasteiger partial charge >= 0.3 is 5.97 Å². The minimum atomic E-state index is -1.09. The van der Waals surface area contributed by atoms with Gasteiger partial charge in [-0.05, 0) is 36.6 Å². The van der Waals surface area contributed by atoms with Gasteiger partial charge in [-0.3, -0.25) is 9.36 Å². The molecule has 1 atom stereocenters.